The van der Waals surface area contributed by atoms with Crippen molar-refractivity contribution < 1.29 is 19.1 Å². The molecule has 9 heteroatoms. The van der Waals surface area contributed by atoms with E-state index in [4.69, 9.17) is 9.47 Å². The third-order valence-corrected chi connectivity index (χ3v) is 5.57. The molecule has 2 aromatic carbocycles. The highest BCUT2D eigenvalue weighted by Crippen LogP contribution is 2.25. The molecule has 9 nitrogen and oxygen atoms in total. The normalized spacial score (nSPS) is 12.0. The first kappa shape index (κ1) is 25.2. The fourth-order valence-corrected chi connectivity index (χ4v) is 3.68. The van der Waals surface area contributed by atoms with Crippen molar-refractivity contribution in [2.45, 2.75) is 32.9 Å². The van der Waals surface area contributed by atoms with Crippen LogP contribution in [0.2, 0.25) is 0 Å². The molecule has 0 saturated heterocycles. The summed E-state index contributed by atoms with van der Waals surface area (Å²) in [7, 11) is 3.17. The molecule has 1 aromatic heterocycles. The maximum Gasteiger partial charge on any atom is 0.247 e. The molecule has 3 rings (SSSR count). The third kappa shape index (κ3) is 6.32. The highest BCUT2D eigenvalue weighted by Gasteiger charge is 2.31. The smallest absolute Gasteiger partial charge is 0.247 e. The van der Waals surface area contributed by atoms with E-state index in [1.165, 1.54) is 0 Å². The number of amides is 2. The monoisotopic (exact) mass is 467 g/mol. The summed E-state index contributed by atoms with van der Waals surface area (Å²) < 4.78 is 11.9. The second kappa shape index (κ2) is 12.1. The lowest BCUT2D eigenvalue weighted by Gasteiger charge is -2.32. The molecular weight excluding hydrogens is 434 g/mol. The summed E-state index contributed by atoms with van der Waals surface area (Å²) in [5.74, 6) is 0.564. The van der Waals surface area contributed by atoms with E-state index in [2.05, 4.69) is 29.5 Å². The Morgan fingerprint density at radius 3 is 2.50 bits per heavy atom. The van der Waals surface area contributed by atoms with Crippen LogP contribution in [0.5, 0.6) is 5.75 Å². The molecule has 0 bridgehead atoms. The summed E-state index contributed by atoms with van der Waals surface area (Å²) >= 11 is 0. The Bertz CT molecular complexity index is 1080. The van der Waals surface area contributed by atoms with Gasteiger partial charge in [0.05, 0.1) is 19.2 Å². The van der Waals surface area contributed by atoms with Gasteiger partial charge in [-0.15, -0.1) is 5.10 Å². The highest BCUT2D eigenvalue weighted by molar-refractivity contribution is 5.89. The van der Waals surface area contributed by atoms with Crippen LogP contribution in [0, 0.1) is 5.92 Å². The van der Waals surface area contributed by atoms with Gasteiger partial charge in [0, 0.05) is 20.2 Å². The molecule has 0 fully saturated rings. The summed E-state index contributed by atoms with van der Waals surface area (Å²) in [6.45, 7) is 5.32. The SMILES string of the molecule is COCCNC(=O)[C@@H](c1ccc(OC)cc1)N(CCC(C)C)C(=O)Cn1nnc2ccccc21. The Morgan fingerprint density at radius 1 is 1.09 bits per heavy atom. The molecule has 0 spiro atoms. The zero-order valence-corrected chi connectivity index (χ0v) is 20.2. The largest absolute Gasteiger partial charge is 0.497 e. The van der Waals surface area contributed by atoms with Gasteiger partial charge in [-0.3, -0.25) is 9.59 Å². The molecule has 0 saturated carbocycles. The zero-order chi connectivity index (χ0) is 24.5. The van der Waals surface area contributed by atoms with Crippen molar-refractivity contribution in [2.24, 2.45) is 5.92 Å². The Balaban J connectivity index is 1.94. The summed E-state index contributed by atoms with van der Waals surface area (Å²) in [6, 6.07) is 13.9. The molecule has 0 radical (unpaired) electrons. The number of methoxy groups -OCH3 is 2. The number of hydrogen-bond acceptors (Lipinski definition) is 6. The van der Waals surface area contributed by atoms with Crippen LogP contribution in [0.15, 0.2) is 48.5 Å². The van der Waals surface area contributed by atoms with Crippen LogP contribution in [0.25, 0.3) is 11.0 Å². The van der Waals surface area contributed by atoms with Crippen LogP contribution in [-0.2, 0) is 20.9 Å². The minimum atomic E-state index is -0.802. The van der Waals surface area contributed by atoms with Crippen molar-refractivity contribution in [2.75, 3.05) is 33.9 Å². The Hall–Kier alpha value is -3.46. The third-order valence-electron chi connectivity index (χ3n) is 5.57. The van der Waals surface area contributed by atoms with E-state index < -0.39 is 6.04 Å². The highest BCUT2D eigenvalue weighted by atomic mass is 16.5. The predicted octanol–water partition coefficient (Wildman–Crippen LogP) is 2.82. The van der Waals surface area contributed by atoms with Crippen LogP contribution in [0.1, 0.15) is 31.9 Å². The van der Waals surface area contributed by atoms with Gasteiger partial charge in [-0.05, 0) is 42.2 Å². The van der Waals surface area contributed by atoms with Gasteiger partial charge in [-0.1, -0.05) is 43.3 Å². The van der Waals surface area contributed by atoms with Crippen molar-refractivity contribution in [3.63, 3.8) is 0 Å². The number of aromatic nitrogens is 3. The first-order valence-corrected chi connectivity index (χ1v) is 11.4. The Kier molecular flexibility index (Phi) is 8.98. The van der Waals surface area contributed by atoms with Crippen molar-refractivity contribution in [1.29, 1.82) is 0 Å². The number of ether oxygens (including phenoxy) is 2. The molecule has 1 N–H and O–H groups in total. The number of carbonyl (C=O) groups is 2. The average Bonchev–Trinajstić information content (AvgIpc) is 3.24. The average molecular weight is 468 g/mol. The van der Waals surface area contributed by atoms with Gasteiger partial charge < -0.3 is 19.7 Å². The maximum atomic E-state index is 13.6. The minimum Gasteiger partial charge on any atom is -0.497 e. The fraction of sp³-hybridized carbons (Fsp3) is 0.440. The number of benzene rings is 2. The lowest BCUT2D eigenvalue weighted by atomic mass is 10.0. The fourth-order valence-electron chi connectivity index (χ4n) is 3.68. The molecule has 1 atom stereocenters. The maximum absolute atomic E-state index is 13.6. The number of nitrogens with one attached hydrogen (secondary N) is 1. The molecule has 182 valence electrons. The number of nitrogens with zero attached hydrogens (tertiary/aromatic N) is 4. The number of para-hydroxylation sites is 1. The minimum absolute atomic E-state index is 0.0172. The van der Waals surface area contributed by atoms with E-state index in [9.17, 15) is 9.59 Å². The first-order valence-electron chi connectivity index (χ1n) is 11.4. The lowest BCUT2D eigenvalue weighted by molar-refractivity contribution is -0.141. The molecule has 0 aliphatic carbocycles. The van der Waals surface area contributed by atoms with Crippen LogP contribution in [-0.4, -0.2) is 65.6 Å². The standard InChI is InChI=1S/C25H33N5O4/c1-18(2)13-15-29(23(31)17-30-22-8-6-5-7-21(22)27-28-30)24(25(32)26-14-16-33-3)19-9-11-20(34-4)12-10-19/h5-12,18,24H,13-17H2,1-4H3,(H,26,32)/t24-/m1/s1. The van der Waals surface area contributed by atoms with Gasteiger partial charge in [-0.2, -0.15) is 0 Å². The Morgan fingerprint density at radius 2 is 1.82 bits per heavy atom. The molecule has 0 aliphatic heterocycles. The topological polar surface area (TPSA) is 98.6 Å². The molecule has 1 heterocycles. The Labute approximate surface area is 200 Å². The quantitative estimate of drug-likeness (QED) is 0.411. The van der Waals surface area contributed by atoms with Gasteiger partial charge in [0.25, 0.3) is 0 Å². The van der Waals surface area contributed by atoms with Crippen molar-refractivity contribution in [3.8, 4) is 5.75 Å². The summed E-state index contributed by atoms with van der Waals surface area (Å²) in [4.78, 5) is 28.6. The molecule has 0 aliphatic rings. The number of rotatable bonds is 12. The van der Waals surface area contributed by atoms with E-state index in [-0.39, 0.29) is 18.4 Å². The molecule has 2 amide bonds. The molecule has 0 unspecified atom stereocenters. The van der Waals surface area contributed by atoms with Crippen LogP contribution in [0.3, 0.4) is 0 Å². The summed E-state index contributed by atoms with van der Waals surface area (Å²) in [6.07, 6.45) is 0.752. The number of carbonyl (C=O) groups excluding carboxylic acids is 2. The van der Waals surface area contributed by atoms with Gasteiger partial charge in [0.15, 0.2) is 0 Å². The molecule has 3 aromatic rings. The first-order chi connectivity index (χ1) is 16.4. The summed E-state index contributed by atoms with van der Waals surface area (Å²) in [5.41, 5.74) is 2.19. The number of fused-ring (bicyclic) bond motifs is 1. The molecular formula is C25H33N5O4. The lowest BCUT2D eigenvalue weighted by Crippen LogP contribution is -2.46. The second-order valence-electron chi connectivity index (χ2n) is 8.46. The van der Waals surface area contributed by atoms with Gasteiger partial charge in [0.2, 0.25) is 11.8 Å². The van der Waals surface area contributed by atoms with E-state index in [1.54, 1.807) is 35.9 Å². The predicted molar refractivity (Wildman–Crippen MR) is 129 cm³/mol. The van der Waals surface area contributed by atoms with Gasteiger partial charge in [-0.25, -0.2) is 4.68 Å². The van der Waals surface area contributed by atoms with Crippen molar-refractivity contribution in [3.05, 3.63) is 54.1 Å². The second-order valence-corrected chi connectivity index (χ2v) is 8.46. The van der Waals surface area contributed by atoms with Gasteiger partial charge in [0.1, 0.15) is 23.9 Å². The zero-order valence-electron chi connectivity index (χ0n) is 20.2. The van der Waals surface area contributed by atoms with Gasteiger partial charge >= 0.3 is 0 Å². The van der Waals surface area contributed by atoms with Crippen molar-refractivity contribution in [1.82, 2.24) is 25.2 Å². The van der Waals surface area contributed by atoms with Crippen LogP contribution >= 0.6 is 0 Å². The van der Waals surface area contributed by atoms with E-state index >= 15 is 0 Å². The summed E-state index contributed by atoms with van der Waals surface area (Å²) in [5, 5.41) is 11.2. The van der Waals surface area contributed by atoms with Crippen LogP contribution < -0.4 is 10.1 Å². The molecule has 34 heavy (non-hydrogen) atoms. The van der Waals surface area contributed by atoms with Crippen molar-refractivity contribution >= 4 is 22.8 Å². The van der Waals surface area contributed by atoms with E-state index in [0.29, 0.717) is 42.4 Å². The van der Waals surface area contributed by atoms with E-state index in [0.717, 1.165) is 11.9 Å². The number of hydrogen-bond donors (Lipinski definition) is 1. The van der Waals surface area contributed by atoms with Crippen LogP contribution in [0.4, 0.5) is 0 Å². The van der Waals surface area contributed by atoms with E-state index in [1.807, 2.05) is 36.4 Å².